The van der Waals surface area contributed by atoms with Crippen LogP contribution in [0.4, 0.5) is 11.5 Å². The number of hydrogen-bond donors (Lipinski definition) is 2. The lowest BCUT2D eigenvalue weighted by Crippen LogP contribution is -2.25. The second-order valence-corrected chi connectivity index (χ2v) is 4.76. The number of aromatic nitrogens is 2. The van der Waals surface area contributed by atoms with Crippen molar-refractivity contribution in [2.45, 2.75) is 20.3 Å². The Morgan fingerprint density at radius 2 is 2.14 bits per heavy atom. The standard InChI is InChI=1S/C16H17N5O/c1-3-7-18-16(22)14-9-15(20-11(2)19-14)21-13-6-4-5-12(8-13)10-17/h4-6,8-9H,3,7H2,1-2H3,(H,18,22)(H,19,20,21). The van der Waals surface area contributed by atoms with Crippen molar-refractivity contribution in [3.63, 3.8) is 0 Å². The van der Waals surface area contributed by atoms with Crippen LogP contribution in [0.2, 0.25) is 0 Å². The van der Waals surface area contributed by atoms with E-state index in [-0.39, 0.29) is 5.91 Å². The second kappa shape index (κ2) is 7.18. The van der Waals surface area contributed by atoms with E-state index in [0.717, 1.165) is 12.1 Å². The SMILES string of the molecule is CCCNC(=O)c1cc(Nc2cccc(C#N)c2)nc(C)n1. The average Bonchev–Trinajstić information content (AvgIpc) is 2.52. The maximum absolute atomic E-state index is 12.0. The maximum Gasteiger partial charge on any atom is 0.270 e. The van der Waals surface area contributed by atoms with Crippen LogP contribution in [0, 0.1) is 18.3 Å². The molecule has 0 unspecified atom stereocenters. The van der Waals surface area contributed by atoms with E-state index in [1.54, 1.807) is 31.2 Å². The van der Waals surface area contributed by atoms with E-state index in [9.17, 15) is 4.79 Å². The van der Waals surface area contributed by atoms with Crippen molar-refractivity contribution < 1.29 is 4.79 Å². The summed E-state index contributed by atoms with van der Waals surface area (Å²) in [7, 11) is 0. The normalized spacial score (nSPS) is 9.86. The molecule has 0 radical (unpaired) electrons. The van der Waals surface area contributed by atoms with Crippen molar-refractivity contribution in [2.24, 2.45) is 0 Å². The second-order valence-electron chi connectivity index (χ2n) is 4.76. The van der Waals surface area contributed by atoms with E-state index in [4.69, 9.17) is 5.26 Å². The maximum atomic E-state index is 12.0. The fraction of sp³-hybridized carbons (Fsp3) is 0.250. The van der Waals surface area contributed by atoms with Crippen LogP contribution in [0.3, 0.4) is 0 Å². The van der Waals surface area contributed by atoms with E-state index in [1.807, 2.05) is 13.0 Å². The first kappa shape index (κ1) is 15.4. The van der Waals surface area contributed by atoms with Gasteiger partial charge in [-0.25, -0.2) is 9.97 Å². The van der Waals surface area contributed by atoms with Gasteiger partial charge in [0.15, 0.2) is 0 Å². The van der Waals surface area contributed by atoms with Crippen molar-refractivity contribution in [2.75, 3.05) is 11.9 Å². The van der Waals surface area contributed by atoms with Crippen LogP contribution in [0.25, 0.3) is 0 Å². The molecule has 1 amide bonds. The summed E-state index contributed by atoms with van der Waals surface area (Å²) >= 11 is 0. The van der Waals surface area contributed by atoms with Crippen molar-refractivity contribution in [3.8, 4) is 6.07 Å². The van der Waals surface area contributed by atoms with Gasteiger partial charge in [0.2, 0.25) is 0 Å². The van der Waals surface area contributed by atoms with Crippen LogP contribution in [0.5, 0.6) is 0 Å². The van der Waals surface area contributed by atoms with Gasteiger partial charge in [-0.1, -0.05) is 13.0 Å². The van der Waals surface area contributed by atoms with Gasteiger partial charge in [-0.3, -0.25) is 4.79 Å². The smallest absolute Gasteiger partial charge is 0.270 e. The number of carbonyl (C=O) groups is 1. The first-order chi connectivity index (χ1) is 10.6. The number of nitrogens with one attached hydrogen (secondary N) is 2. The van der Waals surface area contributed by atoms with Gasteiger partial charge in [-0.2, -0.15) is 5.26 Å². The first-order valence-electron chi connectivity index (χ1n) is 7.03. The molecule has 2 aromatic rings. The summed E-state index contributed by atoms with van der Waals surface area (Å²) < 4.78 is 0. The molecule has 0 fully saturated rings. The number of anilines is 2. The number of aryl methyl sites for hydroxylation is 1. The van der Waals surface area contributed by atoms with Gasteiger partial charge in [0.1, 0.15) is 17.3 Å². The number of nitriles is 1. The highest BCUT2D eigenvalue weighted by Crippen LogP contribution is 2.16. The molecule has 2 N–H and O–H groups in total. The lowest BCUT2D eigenvalue weighted by atomic mass is 10.2. The van der Waals surface area contributed by atoms with Gasteiger partial charge >= 0.3 is 0 Å². The van der Waals surface area contributed by atoms with Crippen LogP contribution >= 0.6 is 0 Å². The summed E-state index contributed by atoms with van der Waals surface area (Å²) in [5, 5.41) is 14.8. The first-order valence-corrected chi connectivity index (χ1v) is 7.03. The van der Waals surface area contributed by atoms with Crippen LogP contribution in [0.1, 0.15) is 35.2 Å². The van der Waals surface area contributed by atoms with E-state index in [2.05, 4.69) is 26.7 Å². The molecular formula is C16H17N5O. The zero-order chi connectivity index (χ0) is 15.9. The molecule has 0 saturated carbocycles. The largest absolute Gasteiger partial charge is 0.351 e. The van der Waals surface area contributed by atoms with E-state index in [1.165, 1.54) is 0 Å². The third-order valence-electron chi connectivity index (χ3n) is 2.87. The third kappa shape index (κ3) is 4.03. The zero-order valence-electron chi connectivity index (χ0n) is 12.6. The van der Waals surface area contributed by atoms with Crippen molar-refractivity contribution in [1.29, 1.82) is 5.26 Å². The van der Waals surface area contributed by atoms with Gasteiger partial charge in [0.25, 0.3) is 5.91 Å². The highest BCUT2D eigenvalue weighted by Gasteiger charge is 2.10. The molecule has 0 saturated heterocycles. The van der Waals surface area contributed by atoms with Gasteiger partial charge < -0.3 is 10.6 Å². The molecular weight excluding hydrogens is 278 g/mol. The fourth-order valence-corrected chi connectivity index (χ4v) is 1.89. The summed E-state index contributed by atoms with van der Waals surface area (Å²) in [6.07, 6.45) is 0.863. The third-order valence-corrected chi connectivity index (χ3v) is 2.87. The molecule has 1 heterocycles. The Bertz CT molecular complexity index is 721. The Kier molecular flexibility index (Phi) is 5.04. The minimum atomic E-state index is -0.221. The number of amides is 1. The van der Waals surface area contributed by atoms with Crippen LogP contribution in [-0.4, -0.2) is 22.4 Å². The van der Waals surface area contributed by atoms with Gasteiger partial charge in [0.05, 0.1) is 11.6 Å². The summed E-state index contributed by atoms with van der Waals surface area (Å²) in [4.78, 5) is 20.4. The minimum Gasteiger partial charge on any atom is -0.351 e. The molecule has 0 spiro atoms. The molecule has 6 nitrogen and oxygen atoms in total. The summed E-state index contributed by atoms with van der Waals surface area (Å²) in [6.45, 7) is 4.32. The predicted molar refractivity (Wildman–Crippen MR) is 83.8 cm³/mol. The summed E-state index contributed by atoms with van der Waals surface area (Å²) in [6, 6.07) is 10.7. The minimum absolute atomic E-state index is 0.221. The number of hydrogen-bond acceptors (Lipinski definition) is 5. The molecule has 0 aliphatic carbocycles. The van der Waals surface area contributed by atoms with E-state index < -0.39 is 0 Å². The Morgan fingerprint density at radius 3 is 2.86 bits per heavy atom. The quantitative estimate of drug-likeness (QED) is 0.884. The molecule has 0 bridgehead atoms. The number of nitrogens with zero attached hydrogens (tertiary/aromatic N) is 3. The highest BCUT2D eigenvalue weighted by molar-refractivity contribution is 5.93. The fourth-order valence-electron chi connectivity index (χ4n) is 1.89. The lowest BCUT2D eigenvalue weighted by Gasteiger charge is -2.09. The lowest BCUT2D eigenvalue weighted by molar-refractivity contribution is 0.0948. The molecule has 6 heteroatoms. The summed E-state index contributed by atoms with van der Waals surface area (Å²) in [5.41, 5.74) is 1.61. The molecule has 112 valence electrons. The van der Waals surface area contributed by atoms with Crippen molar-refractivity contribution in [3.05, 3.63) is 47.4 Å². The molecule has 0 aliphatic heterocycles. The Balaban J connectivity index is 2.22. The Labute approximate surface area is 129 Å². The molecule has 2 rings (SSSR count). The van der Waals surface area contributed by atoms with E-state index >= 15 is 0 Å². The predicted octanol–water partition coefficient (Wildman–Crippen LogP) is 2.54. The van der Waals surface area contributed by atoms with E-state index in [0.29, 0.717) is 29.4 Å². The molecule has 1 aromatic carbocycles. The number of rotatable bonds is 5. The monoisotopic (exact) mass is 295 g/mol. The summed E-state index contributed by atoms with van der Waals surface area (Å²) in [5.74, 6) is 0.800. The molecule has 0 atom stereocenters. The molecule has 1 aromatic heterocycles. The average molecular weight is 295 g/mol. The van der Waals surface area contributed by atoms with Crippen LogP contribution in [-0.2, 0) is 0 Å². The molecule has 0 aliphatic rings. The van der Waals surface area contributed by atoms with Crippen LogP contribution < -0.4 is 10.6 Å². The van der Waals surface area contributed by atoms with Crippen molar-refractivity contribution in [1.82, 2.24) is 15.3 Å². The topological polar surface area (TPSA) is 90.7 Å². The highest BCUT2D eigenvalue weighted by atomic mass is 16.1. The Morgan fingerprint density at radius 1 is 1.32 bits per heavy atom. The van der Waals surface area contributed by atoms with Crippen LogP contribution in [0.15, 0.2) is 30.3 Å². The van der Waals surface area contributed by atoms with Gasteiger partial charge in [-0.15, -0.1) is 0 Å². The van der Waals surface area contributed by atoms with Gasteiger partial charge in [-0.05, 0) is 31.5 Å². The Hall–Kier alpha value is -2.94. The van der Waals surface area contributed by atoms with Crippen molar-refractivity contribution >= 4 is 17.4 Å². The number of carbonyl (C=O) groups excluding carboxylic acids is 1. The zero-order valence-corrected chi connectivity index (χ0v) is 12.6. The number of benzene rings is 1. The molecule has 22 heavy (non-hydrogen) atoms. The van der Waals surface area contributed by atoms with Gasteiger partial charge in [0, 0.05) is 18.3 Å².